The van der Waals surface area contributed by atoms with Crippen LogP contribution in [0.2, 0.25) is 0 Å². The number of aryl methyl sites for hydroxylation is 2. The zero-order valence-electron chi connectivity index (χ0n) is 15.2. The number of piperidine rings is 1. The topological polar surface area (TPSA) is 85.3 Å². The molecule has 0 unspecified atom stereocenters. The highest BCUT2D eigenvalue weighted by atomic mass is 16.3. The summed E-state index contributed by atoms with van der Waals surface area (Å²) in [4.78, 5) is 31.9. The van der Waals surface area contributed by atoms with E-state index >= 15 is 0 Å². The van der Waals surface area contributed by atoms with E-state index in [1.54, 1.807) is 7.05 Å². The van der Waals surface area contributed by atoms with Crippen molar-refractivity contribution in [1.82, 2.24) is 23.6 Å². The predicted octanol–water partition coefficient (Wildman–Crippen LogP) is 0.191. The molecule has 0 radical (unpaired) electrons. The predicted molar refractivity (Wildman–Crippen MR) is 95.6 cm³/mol. The normalized spacial score (nSPS) is 19.0. The third-order valence-electron chi connectivity index (χ3n) is 5.25. The maximum absolute atomic E-state index is 12.7. The maximum Gasteiger partial charge on any atom is 0.332 e. The third-order valence-corrected chi connectivity index (χ3v) is 5.25. The summed E-state index contributed by atoms with van der Waals surface area (Å²) in [6.07, 6.45) is 4.12. The van der Waals surface area contributed by atoms with Gasteiger partial charge in [0, 0.05) is 33.3 Å². The Balaban J connectivity index is 2.13. The summed E-state index contributed by atoms with van der Waals surface area (Å²) in [5.41, 5.74) is 0.159. The number of hydrogen-bond donors (Lipinski definition) is 1. The Morgan fingerprint density at radius 3 is 2.64 bits per heavy atom. The Morgan fingerprint density at radius 1 is 1.20 bits per heavy atom. The van der Waals surface area contributed by atoms with Crippen molar-refractivity contribution in [3.05, 3.63) is 26.7 Å². The molecule has 0 spiro atoms. The van der Waals surface area contributed by atoms with Crippen molar-refractivity contribution in [2.45, 2.75) is 51.7 Å². The van der Waals surface area contributed by atoms with E-state index in [1.165, 1.54) is 24.5 Å². The van der Waals surface area contributed by atoms with E-state index in [-0.39, 0.29) is 17.9 Å². The number of aromatic nitrogens is 4. The van der Waals surface area contributed by atoms with Crippen molar-refractivity contribution in [3.8, 4) is 0 Å². The maximum atomic E-state index is 12.7. The Hall–Kier alpha value is -1.93. The summed E-state index contributed by atoms with van der Waals surface area (Å²) >= 11 is 0. The summed E-state index contributed by atoms with van der Waals surface area (Å²) in [6, 6.07) is 0.478. The fourth-order valence-corrected chi connectivity index (χ4v) is 3.66. The van der Waals surface area contributed by atoms with Gasteiger partial charge in [-0.25, -0.2) is 9.78 Å². The van der Waals surface area contributed by atoms with Gasteiger partial charge in [-0.1, -0.05) is 6.42 Å². The highest BCUT2D eigenvalue weighted by Gasteiger charge is 2.23. The minimum absolute atomic E-state index is 0.0469. The number of aliphatic hydroxyl groups is 1. The van der Waals surface area contributed by atoms with Crippen LogP contribution in [0.3, 0.4) is 0 Å². The Bertz CT molecular complexity index is 879. The standard InChI is InChI=1S/C17H27N5O3/c1-12-7-4-5-8-21(12)11-13-18-15-14(22(13)9-6-10-23)16(24)20(3)17(25)19(15)2/h12,23H,4-11H2,1-3H3/t12-/m1/s1. The molecule has 2 aromatic heterocycles. The summed E-state index contributed by atoms with van der Waals surface area (Å²) in [7, 11) is 3.13. The first-order valence-corrected chi connectivity index (χ1v) is 8.95. The van der Waals surface area contributed by atoms with Crippen LogP contribution in [0.4, 0.5) is 0 Å². The Labute approximate surface area is 146 Å². The molecule has 1 N–H and O–H groups in total. The number of aliphatic hydroxyl groups excluding tert-OH is 1. The average Bonchev–Trinajstić information content (AvgIpc) is 2.96. The van der Waals surface area contributed by atoms with Crippen molar-refractivity contribution >= 4 is 11.2 Å². The number of imidazole rings is 1. The molecule has 8 heteroatoms. The van der Waals surface area contributed by atoms with Crippen LogP contribution >= 0.6 is 0 Å². The molecular weight excluding hydrogens is 322 g/mol. The summed E-state index contributed by atoms with van der Waals surface area (Å²) in [5.74, 6) is 0.788. The average molecular weight is 349 g/mol. The molecule has 0 amide bonds. The van der Waals surface area contributed by atoms with Crippen LogP contribution in [0.25, 0.3) is 11.2 Å². The SMILES string of the molecule is C[C@@H]1CCCCN1Cc1nc2c(c(=O)n(C)c(=O)n2C)n1CCCO. The van der Waals surface area contributed by atoms with E-state index in [9.17, 15) is 14.7 Å². The lowest BCUT2D eigenvalue weighted by Gasteiger charge is -2.33. The van der Waals surface area contributed by atoms with E-state index < -0.39 is 0 Å². The second-order valence-corrected chi connectivity index (χ2v) is 6.95. The first-order valence-electron chi connectivity index (χ1n) is 8.95. The first-order chi connectivity index (χ1) is 12.0. The van der Waals surface area contributed by atoms with Gasteiger partial charge < -0.3 is 9.67 Å². The van der Waals surface area contributed by atoms with Crippen molar-refractivity contribution in [2.24, 2.45) is 14.1 Å². The van der Waals surface area contributed by atoms with Gasteiger partial charge in [-0.2, -0.15) is 0 Å². The quantitative estimate of drug-likeness (QED) is 0.833. The molecule has 2 aromatic rings. The van der Waals surface area contributed by atoms with Gasteiger partial charge in [-0.15, -0.1) is 0 Å². The molecule has 0 saturated carbocycles. The lowest BCUT2D eigenvalue weighted by atomic mass is 10.0. The van der Waals surface area contributed by atoms with Gasteiger partial charge in [-0.05, 0) is 32.7 Å². The first kappa shape index (κ1) is 17.9. The molecule has 3 heterocycles. The van der Waals surface area contributed by atoms with Gasteiger partial charge in [-0.3, -0.25) is 18.8 Å². The van der Waals surface area contributed by atoms with Gasteiger partial charge in [0.1, 0.15) is 5.82 Å². The fraction of sp³-hybridized carbons (Fsp3) is 0.706. The molecule has 0 aromatic carbocycles. The van der Waals surface area contributed by atoms with Crippen molar-refractivity contribution < 1.29 is 5.11 Å². The molecule has 1 aliphatic heterocycles. The lowest BCUT2D eigenvalue weighted by Crippen LogP contribution is -2.38. The van der Waals surface area contributed by atoms with Crippen LogP contribution in [-0.4, -0.2) is 47.9 Å². The van der Waals surface area contributed by atoms with Crippen LogP contribution < -0.4 is 11.2 Å². The molecule has 0 bridgehead atoms. The Kier molecular flexibility index (Phi) is 5.10. The van der Waals surface area contributed by atoms with Crippen LogP contribution in [0.5, 0.6) is 0 Å². The molecule has 25 heavy (non-hydrogen) atoms. The van der Waals surface area contributed by atoms with E-state index in [0.29, 0.717) is 36.7 Å². The largest absolute Gasteiger partial charge is 0.396 e. The molecule has 0 aliphatic carbocycles. The second kappa shape index (κ2) is 7.13. The highest BCUT2D eigenvalue weighted by molar-refractivity contribution is 5.71. The van der Waals surface area contributed by atoms with Gasteiger partial charge in [0.15, 0.2) is 11.2 Å². The van der Waals surface area contributed by atoms with Crippen LogP contribution in [-0.2, 0) is 27.2 Å². The van der Waals surface area contributed by atoms with Crippen molar-refractivity contribution in [1.29, 1.82) is 0 Å². The Morgan fingerprint density at radius 2 is 1.96 bits per heavy atom. The van der Waals surface area contributed by atoms with Gasteiger partial charge in [0.05, 0.1) is 6.54 Å². The second-order valence-electron chi connectivity index (χ2n) is 6.95. The number of rotatable bonds is 5. The molecular formula is C17H27N5O3. The fourth-order valence-electron chi connectivity index (χ4n) is 3.66. The van der Waals surface area contributed by atoms with E-state index in [0.717, 1.165) is 23.4 Å². The highest BCUT2D eigenvalue weighted by Crippen LogP contribution is 2.20. The number of hydrogen-bond acceptors (Lipinski definition) is 5. The van der Waals surface area contributed by atoms with Gasteiger partial charge in [0.25, 0.3) is 5.56 Å². The molecule has 3 rings (SSSR count). The minimum Gasteiger partial charge on any atom is -0.396 e. The number of nitrogens with zero attached hydrogens (tertiary/aromatic N) is 5. The molecule has 1 atom stereocenters. The molecule has 138 valence electrons. The minimum atomic E-state index is -0.373. The number of likely N-dealkylation sites (tertiary alicyclic amines) is 1. The summed E-state index contributed by atoms with van der Waals surface area (Å²) < 4.78 is 4.43. The van der Waals surface area contributed by atoms with Crippen LogP contribution in [0.1, 0.15) is 38.4 Å². The number of fused-ring (bicyclic) bond motifs is 1. The van der Waals surface area contributed by atoms with Crippen molar-refractivity contribution in [2.75, 3.05) is 13.2 Å². The smallest absolute Gasteiger partial charge is 0.332 e. The zero-order chi connectivity index (χ0) is 18.1. The zero-order valence-corrected chi connectivity index (χ0v) is 15.2. The molecule has 1 saturated heterocycles. The van der Waals surface area contributed by atoms with E-state index in [4.69, 9.17) is 0 Å². The van der Waals surface area contributed by atoms with Crippen LogP contribution in [0.15, 0.2) is 9.59 Å². The van der Waals surface area contributed by atoms with Gasteiger partial charge >= 0.3 is 5.69 Å². The molecule has 1 aliphatic rings. The van der Waals surface area contributed by atoms with Gasteiger partial charge in [0.2, 0.25) is 0 Å². The van der Waals surface area contributed by atoms with Crippen molar-refractivity contribution in [3.63, 3.8) is 0 Å². The lowest BCUT2D eigenvalue weighted by molar-refractivity contribution is 0.147. The van der Waals surface area contributed by atoms with E-state index in [1.807, 2.05) is 4.57 Å². The van der Waals surface area contributed by atoms with Crippen LogP contribution in [0, 0.1) is 0 Å². The third kappa shape index (κ3) is 3.16. The molecule has 1 fully saturated rings. The van der Waals surface area contributed by atoms with E-state index in [2.05, 4.69) is 16.8 Å². The molecule has 8 nitrogen and oxygen atoms in total. The summed E-state index contributed by atoms with van der Waals surface area (Å²) in [6.45, 7) is 4.44. The summed E-state index contributed by atoms with van der Waals surface area (Å²) in [5, 5.41) is 9.23. The monoisotopic (exact) mass is 349 g/mol.